The summed E-state index contributed by atoms with van der Waals surface area (Å²) in [6.07, 6.45) is 4.66. The van der Waals surface area contributed by atoms with Crippen molar-refractivity contribution in [1.82, 2.24) is 5.32 Å². The highest BCUT2D eigenvalue weighted by atomic mass is 16.6. The van der Waals surface area contributed by atoms with E-state index in [1.54, 1.807) is 0 Å². The summed E-state index contributed by atoms with van der Waals surface area (Å²) in [7, 11) is 0. The van der Waals surface area contributed by atoms with Crippen LogP contribution in [-0.4, -0.2) is 17.4 Å². The lowest BCUT2D eigenvalue weighted by Crippen LogP contribution is -2.25. The summed E-state index contributed by atoms with van der Waals surface area (Å²) in [5.41, 5.74) is 5.50. The van der Waals surface area contributed by atoms with E-state index in [9.17, 15) is 14.9 Å². The number of rotatable bonds is 6. The van der Waals surface area contributed by atoms with Crippen LogP contribution in [0.15, 0.2) is 18.2 Å². The van der Waals surface area contributed by atoms with E-state index in [1.807, 2.05) is 0 Å². The monoisotopic (exact) mass is 263 g/mol. The molecule has 19 heavy (non-hydrogen) atoms. The zero-order chi connectivity index (χ0) is 13.8. The van der Waals surface area contributed by atoms with Crippen LogP contribution in [0.25, 0.3) is 0 Å². The number of para-hydroxylation sites is 1. The van der Waals surface area contributed by atoms with E-state index in [1.165, 1.54) is 31.0 Å². The fraction of sp³-hybridized carbons (Fsp3) is 0.462. The van der Waals surface area contributed by atoms with Gasteiger partial charge in [0.15, 0.2) is 0 Å². The van der Waals surface area contributed by atoms with Crippen molar-refractivity contribution in [3.05, 3.63) is 33.9 Å². The number of benzene rings is 1. The van der Waals surface area contributed by atoms with Crippen molar-refractivity contribution in [1.29, 1.82) is 0 Å². The number of nitrogen functional groups attached to an aromatic ring is 1. The predicted molar refractivity (Wildman–Crippen MR) is 71.8 cm³/mol. The molecule has 1 amide bonds. The molecule has 0 spiro atoms. The van der Waals surface area contributed by atoms with Gasteiger partial charge in [-0.3, -0.25) is 14.9 Å². The highest BCUT2D eigenvalue weighted by molar-refractivity contribution is 6.00. The van der Waals surface area contributed by atoms with Crippen LogP contribution in [0.4, 0.5) is 11.4 Å². The van der Waals surface area contributed by atoms with Crippen molar-refractivity contribution in [2.45, 2.75) is 25.7 Å². The van der Waals surface area contributed by atoms with Crippen molar-refractivity contribution in [3.8, 4) is 0 Å². The first-order valence-corrected chi connectivity index (χ1v) is 6.40. The van der Waals surface area contributed by atoms with Crippen LogP contribution in [0, 0.1) is 16.0 Å². The Morgan fingerprint density at radius 1 is 1.47 bits per heavy atom. The molecule has 0 heterocycles. The maximum atomic E-state index is 11.9. The number of nitrogens with two attached hydrogens (primary N) is 1. The van der Waals surface area contributed by atoms with Crippen LogP contribution >= 0.6 is 0 Å². The minimum atomic E-state index is -0.584. The lowest BCUT2D eigenvalue weighted by Gasteiger charge is -2.07. The second-order valence-electron chi connectivity index (χ2n) is 4.84. The van der Waals surface area contributed by atoms with Crippen LogP contribution < -0.4 is 11.1 Å². The normalized spacial score (nSPS) is 14.1. The minimum Gasteiger partial charge on any atom is -0.393 e. The molecule has 0 saturated heterocycles. The van der Waals surface area contributed by atoms with Crippen LogP contribution in [0.5, 0.6) is 0 Å². The summed E-state index contributed by atoms with van der Waals surface area (Å²) in [4.78, 5) is 22.0. The molecule has 6 heteroatoms. The Bertz CT molecular complexity index is 498. The third-order valence-corrected chi connectivity index (χ3v) is 3.30. The average Bonchev–Trinajstić information content (AvgIpc) is 3.18. The lowest BCUT2D eigenvalue weighted by atomic mass is 10.1. The summed E-state index contributed by atoms with van der Waals surface area (Å²) in [5.74, 6) is 0.483. The highest BCUT2D eigenvalue weighted by Crippen LogP contribution is 2.33. The summed E-state index contributed by atoms with van der Waals surface area (Å²) >= 11 is 0. The summed E-state index contributed by atoms with van der Waals surface area (Å²) in [6, 6.07) is 4.26. The first kappa shape index (κ1) is 13.3. The molecule has 0 radical (unpaired) electrons. The SMILES string of the molecule is Nc1c(C(=O)NCCCC2CC2)cccc1[N+](=O)[O-]. The zero-order valence-electron chi connectivity index (χ0n) is 10.6. The van der Waals surface area contributed by atoms with Gasteiger partial charge in [0.05, 0.1) is 10.5 Å². The third kappa shape index (κ3) is 3.43. The number of anilines is 1. The van der Waals surface area contributed by atoms with Gasteiger partial charge in [0.1, 0.15) is 5.69 Å². The molecule has 6 nitrogen and oxygen atoms in total. The van der Waals surface area contributed by atoms with Gasteiger partial charge < -0.3 is 11.1 Å². The number of nitro groups is 1. The standard InChI is InChI=1S/C13H17N3O3/c14-12-10(4-1-5-11(12)16(18)19)13(17)15-8-2-3-9-6-7-9/h1,4-5,9H,2-3,6-8,14H2,(H,15,17). The fourth-order valence-corrected chi connectivity index (χ4v) is 2.00. The summed E-state index contributed by atoms with van der Waals surface area (Å²) in [6.45, 7) is 0.581. The minimum absolute atomic E-state index is 0.0767. The molecule has 102 valence electrons. The van der Waals surface area contributed by atoms with E-state index in [2.05, 4.69) is 5.32 Å². The Hall–Kier alpha value is -2.11. The number of carbonyl (C=O) groups is 1. The van der Waals surface area contributed by atoms with Crippen LogP contribution in [-0.2, 0) is 0 Å². The second-order valence-corrected chi connectivity index (χ2v) is 4.84. The molecule has 1 aliphatic carbocycles. The summed E-state index contributed by atoms with van der Waals surface area (Å²) < 4.78 is 0. The molecule has 0 unspecified atom stereocenters. The molecule has 1 aromatic carbocycles. The van der Waals surface area contributed by atoms with E-state index < -0.39 is 4.92 Å². The number of nitrogens with zero attached hydrogens (tertiary/aromatic N) is 1. The largest absolute Gasteiger partial charge is 0.393 e. The Kier molecular flexibility index (Phi) is 3.99. The Morgan fingerprint density at radius 2 is 2.21 bits per heavy atom. The van der Waals surface area contributed by atoms with Gasteiger partial charge in [0.25, 0.3) is 11.6 Å². The molecule has 2 rings (SSSR count). The number of hydrogen-bond donors (Lipinski definition) is 2. The van der Waals surface area contributed by atoms with Gasteiger partial charge in [-0.25, -0.2) is 0 Å². The van der Waals surface area contributed by atoms with Gasteiger partial charge in [-0.2, -0.15) is 0 Å². The molecule has 0 aromatic heterocycles. The molecule has 1 aromatic rings. The van der Waals surface area contributed by atoms with Crippen LogP contribution in [0.3, 0.4) is 0 Å². The van der Waals surface area contributed by atoms with E-state index in [-0.39, 0.29) is 22.8 Å². The highest BCUT2D eigenvalue weighted by Gasteiger charge is 2.21. The maximum Gasteiger partial charge on any atom is 0.292 e. The topological polar surface area (TPSA) is 98.3 Å². The van der Waals surface area contributed by atoms with Gasteiger partial charge in [0.2, 0.25) is 0 Å². The zero-order valence-corrected chi connectivity index (χ0v) is 10.6. The smallest absolute Gasteiger partial charge is 0.292 e. The quantitative estimate of drug-likeness (QED) is 0.355. The van der Waals surface area contributed by atoms with Crippen molar-refractivity contribution in [3.63, 3.8) is 0 Å². The number of hydrogen-bond acceptors (Lipinski definition) is 4. The number of carbonyl (C=O) groups excluding carboxylic acids is 1. The van der Waals surface area contributed by atoms with E-state index >= 15 is 0 Å². The Balaban J connectivity index is 1.93. The first-order chi connectivity index (χ1) is 9.09. The summed E-state index contributed by atoms with van der Waals surface area (Å²) in [5, 5.41) is 13.5. The van der Waals surface area contributed by atoms with Gasteiger partial charge in [-0.15, -0.1) is 0 Å². The van der Waals surface area contributed by atoms with Gasteiger partial charge in [-0.1, -0.05) is 18.9 Å². The molecule has 0 atom stereocenters. The van der Waals surface area contributed by atoms with Crippen LogP contribution in [0.2, 0.25) is 0 Å². The van der Waals surface area contributed by atoms with Gasteiger partial charge in [-0.05, 0) is 24.8 Å². The molecular weight excluding hydrogens is 246 g/mol. The van der Waals surface area contributed by atoms with E-state index in [4.69, 9.17) is 5.73 Å². The molecule has 1 saturated carbocycles. The average molecular weight is 263 g/mol. The maximum absolute atomic E-state index is 11.9. The fourth-order valence-electron chi connectivity index (χ4n) is 2.00. The Labute approximate surface area is 111 Å². The lowest BCUT2D eigenvalue weighted by molar-refractivity contribution is -0.383. The van der Waals surface area contributed by atoms with Crippen molar-refractivity contribution < 1.29 is 9.72 Å². The Morgan fingerprint density at radius 3 is 2.84 bits per heavy atom. The molecule has 0 aliphatic heterocycles. The number of nitro benzene ring substituents is 1. The molecular formula is C13H17N3O3. The molecule has 1 aliphatic rings. The third-order valence-electron chi connectivity index (χ3n) is 3.30. The molecule has 0 bridgehead atoms. The number of nitrogens with one attached hydrogen (secondary N) is 1. The van der Waals surface area contributed by atoms with Gasteiger partial charge >= 0.3 is 0 Å². The van der Waals surface area contributed by atoms with Crippen molar-refractivity contribution in [2.75, 3.05) is 12.3 Å². The van der Waals surface area contributed by atoms with Crippen molar-refractivity contribution >= 4 is 17.3 Å². The number of amides is 1. The van der Waals surface area contributed by atoms with Crippen LogP contribution in [0.1, 0.15) is 36.0 Å². The second kappa shape index (κ2) is 5.69. The van der Waals surface area contributed by atoms with Crippen molar-refractivity contribution in [2.24, 2.45) is 5.92 Å². The van der Waals surface area contributed by atoms with E-state index in [0.717, 1.165) is 18.8 Å². The predicted octanol–water partition coefficient (Wildman–Crippen LogP) is 2.10. The van der Waals surface area contributed by atoms with E-state index in [0.29, 0.717) is 6.54 Å². The molecule has 3 N–H and O–H groups in total. The van der Waals surface area contributed by atoms with Gasteiger partial charge in [0, 0.05) is 12.6 Å². The first-order valence-electron chi connectivity index (χ1n) is 6.40. The molecule has 1 fully saturated rings.